The second-order valence-electron chi connectivity index (χ2n) is 9.21. The van der Waals surface area contributed by atoms with Gasteiger partial charge in [0, 0.05) is 43.5 Å². The SMILES string of the molecule is Cc1cc(-n2nc(N3CCC(C)(N(C)C)C3)c3cnc(CC(N)=O)cc32)nc(C(C)(F)F)n1. The molecule has 9 nitrogen and oxygen atoms in total. The van der Waals surface area contributed by atoms with Crippen LogP contribution in [0.25, 0.3) is 16.7 Å². The molecule has 1 atom stereocenters. The van der Waals surface area contributed by atoms with E-state index in [-0.39, 0.29) is 17.8 Å². The number of pyridine rings is 1. The molecule has 3 aromatic rings. The van der Waals surface area contributed by atoms with Gasteiger partial charge in [-0.3, -0.25) is 9.78 Å². The number of halogens is 2. The Morgan fingerprint density at radius 3 is 2.64 bits per heavy atom. The highest BCUT2D eigenvalue weighted by Crippen LogP contribution is 2.35. The number of anilines is 1. The van der Waals surface area contributed by atoms with E-state index in [4.69, 9.17) is 10.8 Å². The molecule has 11 heteroatoms. The van der Waals surface area contributed by atoms with Crippen molar-refractivity contribution in [2.24, 2.45) is 5.73 Å². The first kappa shape index (κ1) is 23.0. The van der Waals surface area contributed by atoms with Crippen LogP contribution < -0.4 is 10.6 Å². The minimum Gasteiger partial charge on any atom is -0.369 e. The zero-order chi connectivity index (χ0) is 24.1. The summed E-state index contributed by atoms with van der Waals surface area (Å²) in [5, 5.41) is 5.53. The fourth-order valence-electron chi connectivity index (χ4n) is 4.07. The van der Waals surface area contributed by atoms with E-state index in [0.29, 0.717) is 22.7 Å². The predicted octanol–water partition coefficient (Wildman–Crippen LogP) is 2.19. The van der Waals surface area contributed by atoms with Gasteiger partial charge in [0.15, 0.2) is 11.6 Å². The third-order valence-corrected chi connectivity index (χ3v) is 6.24. The third-order valence-electron chi connectivity index (χ3n) is 6.24. The number of primary amides is 1. The van der Waals surface area contributed by atoms with Gasteiger partial charge in [0.05, 0.1) is 23.0 Å². The van der Waals surface area contributed by atoms with Crippen molar-refractivity contribution in [2.45, 2.75) is 45.1 Å². The standard InChI is InChI=1S/C22H28F2N8O/c1-13-8-18(28-20(27-13)22(3,23)24)32-16-9-14(10-17(25)33)26-11-15(16)19(29-32)31-7-6-21(2,12-31)30(4)5/h8-9,11H,6-7,10,12H2,1-5H3,(H2,25,33). The minimum atomic E-state index is -3.20. The van der Waals surface area contributed by atoms with Crippen LogP contribution in [0.15, 0.2) is 18.3 Å². The molecule has 0 saturated carbocycles. The molecule has 3 aromatic heterocycles. The summed E-state index contributed by atoms with van der Waals surface area (Å²) in [6.07, 6.45) is 2.56. The molecule has 1 saturated heterocycles. The lowest BCUT2D eigenvalue weighted by Gasteiger charge is -2.32. The maximum absolute atomic E-state index is 14.0. The zero-order valence-corrected chi connectivity index (χ0v) is 19.4. The molecule has 1 aliphatic rings. The van der Waals surface area contributed by atoms with E-state index in [1.165, 1.54) is 4.68 Å². The molecule has 1 unspecified atom stereocenters. The maximum Gasteiger partial charge on any atom is 0.303 e. The predicted molar refractivity (Wildman–Crippen MR) is 121 cm³/mol. The summed E-state index contributed by atoms with van der Waals surface area (Å²) < 4.78 is 29.6. The monoisotopic (exact) mass is 458 g/mol. The fourth-order valence-corrected chi connectivity index (χ4v) is 4.07. The Bertz CT molecular complexity index is 1220. The summed E-state index contributed by atoms with van der Waals surface area (Å²) in [4.78, 5) is 28.2. The van der Waals surface area contributed by atoms with Gasteiger partial charge in [0.2, 0.25) is 11.7 Å². The Morgan fingerprint density at radius 1 is 1.30 bits per heavy atom. The number of carbonyl (C=O) groups is 1. The number of carbonyl (C=O) groups excluding carboxylic acids is 1. The normalized spacial score (nSPS) is 19.1. The Morgan fingerprint density at radius 2 is 2.03 bits per heavy atom. The van der Waals surface area contributed by atoms with Gasteiger partial charge in [0.25, 0.3) is 0 Å². The summed E-state index contributed by atoms with van der Waals surface area (Å²) >= 11 is 0. The first-order chi connectivity index (χ1) is 15.4. The number of alkyl halides is 2. The van der Waals surface area contributed by atoms with Crippen LogP contribution in [-0.4, -0.2) is 68.3 Å². The Kier molecular flexibility index (Phi) is 5.55. The minimum absolute atomic E-state index is 0.0294. The zero-order valence-electron chi connectivity index (χ0n) is 19.4. The number of aryl methyl sites for hydroxylation is 1. The topological polar surface area (TPSA) is 106 Å². The molecule has 1 aliphatic heterocycles. The largest absolute Gasteiger partial charge is 0.369 e. The molecule has 0 aromatic carbocycles. The van der Waals surface area contributed by atoms with Gasteiger partial charge in [-0.25, -0.2) is 14.6 Å². The Labute approximate surface area is 190 Å². The van der Waals surface area contributed by atoms with Gasteiger partial charge in [-0.2, -0.15) is 8.78 Å². The molecule has 0 bridgehead atoms. The van der Waals surface area contributed by atoms with E-state index in [0.717, 1.165) is 31.8 Å². The molecule has 0 spiro atoms. The maximum atomic E-state index is 14.0. The first-order valence-corrected chi connectivity index (χ1v) is 10.7. The highest BCUT2D eigenvalue weighted by Gasteiger charge is 2.37. The highest BCUT2D eigenvalue weighted by atomic mass is 19.3. The molecule has 1 amide bonds. The van der Waals surface area contributed by atoms with Crippen molar-refractivity contribution in [1.29, 1.82) is 0 Å². The van der Waals surface area contributed by atoms with Crippen molar-refractivity contribution in [3.05, 3.63) is 35.5 Å². The van der Waals surface area contributed by atoms with Crippen molar-refractivity contribution in [2.75, 3.05) is 32.1 Å². The van der Waals surface area contributed by atoms with Gasteiger partial charge in [-0.15, -0.1) is 5.10 Å². The van der Waals surface area contributed by atoms with E-state index in [1.54, 1.807) is 25.3 Å². The van der Waals surface area contributed by atoms with Crippen LogP contribution in [0.2, 0.25) is 0 Å². The molecule has 4 rings (SSSR count). The first-order valence-electron chi connectivity index (χ1n) is 10.7. The van der Waals surface area contributed by atoms with Crippen LogP contribution in [0.3, 0.4) is 0 Å². The number of nitrogens with zero attached hydrogens (tertiary/aromatic N) is 7. The number of fused-ring (bicyclic) bond motifs is 1. The number of likely N-dealkylation sites (N-methyl/N-ethyl adjacent to an activating group) is 1. The van der Waals surface area contributed by atoms with Gasteiger partial charge in [-0.05, 0) is 40.4 Å². The second-order valence-corrected chi connectivity index (χ2v) is 9.21. The lowest BCUT2D eigenvalue weighted by Crippen LogP contribution is -2.43. The van der Waals surface area contributed by atoms with Crippen LogP contribution in [0, 0.1) is 6.92 Å². The summed E-state index contributed by atoms with van der Waals surface area (Å²) in [5.41, 5.74) is 6.79. The van der Waals surface area contributed by atoms with Crippen LogP contribution in [0.1, 0.15) is 37.5 Å². The third kappa shape index (κ3) is 4.37. The molecular formula is C22H28F2N8O. The average Bonchev–Trinajstić information content (AvgIpc) is 3.28. The van der Waals surface area contributed by atoms with Gasteiger partial charge >= 0.3 is 5.92 Å². The number of hydrogen-bond acceptors (Lipinski definition) is 7. The van der Waals surface area contributed by atoms with Crippen molar-refractivity contribution in [1.82, 2.24) is 29.6 Å². The van der Waals surface area contributed by atoms with Crippen LogP contribution in [0.5, 0.6) is 0 Å². The summed E-state index contributed by atoms with van der Waals surface area (Å²) in [6, 6.07) is 3.31. The lowest BCUT2D eigenvalue weighted by molar-refractivity contribution is -0.117. The van der Waals surface area contributed by atoms with Gasteiger partial charge < -0.3 is 15.5 Å². The molecular weight excluding hydrogens is 430 g/mol. The van der Waals surface area contributed by atoms with E-state index >= 15 is 0 Å². The van der Waals surface area contributed by atoms with Crippen LogP contribution >= 0.6 is 0 Å². The second kappa shape index (κ2) is 7.98. The van der Waals surface area contributed by atoms with E-state index in [1.807, 2.05) is 14.1 Å². The van der Waals surface area contributed by atoms with Crippen molar-refractivity contribution in [3.8, 4) is 5.82 Å². The Hall–Kier alpha value is -3.21. The number of amides is 1. The van der Waals surface area contributed by atoms with Crippen LogP contribution in [-0.2, 0) is 17.1 Å². The van der Waals surface area contributed by atoms with Crippen LogP contribution in [0.4, 0.5) is 14.6 Å². The van der Waals surface area contributed by atoms with Gasteiger partial charge in [0.1, 0.15) is 0 Å². The molecule has 33 heavy (non-hydrogen) atoms. The quantitative estimate of drug-likeness (QED) is 0.604. The molecule has 176 valence electrons. The summed E-state index contributed by atoms with van der Waals surface area (Å²) in [7, 11) is 4.10. The summed E-state index contributed by atoms with van der Waals surface area (Å²) in [5.74, 6) is -3.38. The number of rotatable bonds is 6. The number of aromatic nitrogens is 5. The molecule has 1 fully saturated rings. The van der Waals surface area contributed by atoms with E-state index in [2.05, 4.69) is 31.7 Å². The smallest absolute Gasteiger partial charge is 0.303 e. The van der Waals surface area contributed by atoms with Crippen molar-refractivity contribution < 1.29 is 13.6 Å². The average molecular weight is 459 g/mol. The summed E-state index contributed by atoms with van der Waals surface area (Å²) in [6.45, 7) is 6.12. The molecule has 0 aliphatic carbocycles. The number of hydrogen-bond donors (Lipinski definition) is 1. The lowest BCUT2D eigenvalue weighted by atomic mass is 10.0. The van der Waals surface area contributed by atoms with E-state index < -0.39 is 17.7 Å². The van der Waals surface area contributed by atoms with Crippen molar-refractivity contribution in [3.63, 3.8) is 0 Å². The molecule has 2 N–H and O–H groups in total. The molecule has 0 radical (unpaired) electrons. The van der Waals surface area contributed by atoms with Gasteiger partial charge in [-0.1, -0.05) is 0 Å². The van der Waals surface area contributed by atoms with E-state index in [9.17, 15) is 13.6 Å². The Balaban J connectivity index is 1.89. The molecule has 4 heterocycles. The highest BCUT2D eigenvalue weighted by molar-refractivity contribution is 5.92. The number of nitrogens with two attached hydrogens (primary N) is 1. The van der Waals surface area contributed by atoms with Crippen molar-refractivity contribution >= 4 is 22.6 Å². The fraction of sp³-hybridized carbons (Fsp3) is 0.500.